The third-order valence-corrected chi connectivity index (χ3v) is 3.51. The average molecular weight is 332 g/mol. The van der Waals surface area contributed by atoms with E-state index in [0.717, 1.165) is 31.7 Å². The van der Waals surface area contributed by atoms with Crippen LogP contribution in [0.3, 0.4) is 0 Å². The maximum Gasteiger partial charge on any atom is 0.191 e. The molecule has 0 radical (unpaired) electrons. The van der Waals surface area contributed by atoms with Crippen molar-refractivity contribution in [1.29, 1.82) is 0 Å². The SMILES string of the molecule is CCNC(=NCc1ncccc1F)NCCCn1nc(C)cc1C. The Morgan fingerprint density at radius 1 is 1.33 bits per heavy atom. The molecule has 24 heavy (non-hydrogen) atoms. The molecule has 0 aromatic carbocycles. The molecule has 0 aliphatic rings. The van der Waals surface area contributed by atoms with Crippen LogP contribution < -0.4 is 10.6 Å². The summed E-state index contributed by atoms with van der Waals surface area (Å²) < 4.78 is 15.6. The number of nitrogens with one attached hydrogen (secondary N) is 2. The van der Waals surface area contributed by atoms with Gasteiger partial charge in [0.1, 0.15) is 5.82 Å². The molecule has 130 valence electrons. The molecule has 0 atom stereocenters. The predicted molar refractivity (Wildman–Crippen MR) is 93.3 cm³/mol. The minimum Gasteiger partial charge on any atom is -0.357 e. The second kappa shape index (κ2) is 9.00. The van der Waals surface area contributed by atoms with Gasteiger partial charge in [0.15, 0.2) is 5.96 Å². The largest absolute Gasteiger partial charge is 0.357 e. The molecule has 0 saturated carbocycles. The molecule has 0 aliphatic heterocycles. The number of nitrogens with zero attached hydrogens (tertiary/aromatic N) is 4. The lowest BCUT2D eigenvalue weighted by Crippen LogP contribution is -2.38. The maximum atomic E-state index is 13.6. The van der Waals surface area contributed by atoms with Crippen LogP contribution in [0.25, 0.3) is 0 Å². The lowest BCUT2D eigenvalue weighted by molar-refractivity contribution is 0.555. The zero-order valence-corrected chi connectivity index (χ0v) is 14.5. The summed E-state index contributed by atoms with van der Waals surface area (Å²) in [5.74, 6) is 0.331. The van der Waals surface area contributed by atoms with E-state index in [1.54, 1.807) is 12.3 Å². The third kappa shape index (κ3) is 5.33. The van der Waals surface area contributed by atoms with Gasteiger partial charge in [-0.25, -0.2) is 9.38 Å². The molecule has 2 N–H and O–H groups in total. The molecule has 2 aromatic rings. The Morgan fingerprint density at radius 2 is 2.17 bits per heavy atom. The van der Waals surface area contributed by atoms with Gasteiger partial charge in [0.25, 0.3) is 0 Å². The smallest absolute Gasteiger partial charge is 0.191 e. The Bertz CT molecular complexity index is 679. The predicted octanol–water partition coefficient (Wildman–Crippen LogP) is 2.18. The second-order valence-corrected chi connectivity index (χ2v) is 5.56. The van der Waals surface area contributed by atoms with Crippen molar-refractivity contribution in [2.45, 2.75) is 40.3 Å². The lowest BCUT2D eigenvalue weighted by atomic mass is 10.3. The van der Waals surface area contributed by atoms with Crippen LogP contribution in [-0.2, 0) is 13.1 Å². The average Bonchev–Trinajstić information content (AvgIpc) is 2.88. The molecule has 0 amide bonds. The monoisotopic (exact) mass is 332 g/mol. The van der Waals surface area contributed by atoms with Gasteiger partial charge in [-0.05, 0) is 45.4 Å². The number of aliphatic imine (C=N–C) groups is 1. The van der Waals surface area contributed by atoms with Gasteiger partial charge < -0.3 is 10.6 Å². The normalized spacial score (nSPS) is 11.6. The number of guanidine groups is 1. The summed E-state index contributed by atoms with van der Waals surface area (Å²) in [6, 6.07) is 5.04. The van der Waals surface area contributed by atoms with Crippen LogP contribution in [0.1, 0.15) is 30.4 Å². The van der Waals surface area contributed by atoms with Crippen LogP contribution in [0, 0.1) is 19.7 Å². The van der Waals surface area contributed by atoms with E-state index in [1.807, 2.05) is 18.5 Å². The fraction of sp³-hybridized carbons (Fsp3) is 0.471. The zero-order chi connectivity index (χ0) is 17.4. The van der Waals surface area contributed by atoms with Crippen molar-refractivity contribution in [3.05, 3.63) is 47.3 Å². The highest BCUT2D eigenvalue weighted by molar-refractivity contribution is 5.79. The summed E-state index contributed by atoms with van der Waals surface area (Å²) in [4.78, 5) is 8.39. The molecule has 7 heteroatoms. The van der Waals surface area contributed by atoms with E-state index in [2.05, 4.69) is 38.7 Å². The van der Waals surface area contributed by atoms with Crippen molar-refractivity contribution in [1.82, 2.24) is 25.4 Å². The summed E-state index contributed by atoms with van der Waals surface area (Å²) in [7, 11) is 0. The number of hydrogen-bond donors (Lipinski definition) is 2. The van der Waals surface area contributed by atoms with Gasteiger partial charge in [0.2, 0.25) is 0 Å². The van der Waals surface area contributed by atoms with Crippen molar-refractivity contribution in [2.24, 2.45) is 4.99 Å². The van der Waals surface area contributed by atoms with E-state index < -0.39 is 0 Å². The van der Waals surface area contributed by atoms with E-state index >= 15 is 0 Å². The van der Waals surface area contributed by atoms with Gasteiger partial charge in [-0.2, -0.15) is 5.10 Å². The lowest BCUT2D eigenvalue weighted by Gasteiger charge is -2.11. The first-order valence-corrected chi connectivity index (χ1v) is 8.22. The number of halogens is 1. The van der Waals surface area contributed by atoms with Crippen LogP contribution in [0.2, 0.25) is 0 Å². The Hall–Kier alpha value is -2.44. The topological polar surface area (TPSA) is 67.1 Å². The van der Waals surface area contributed by atoms with Crippen molar-refractivity contribution in [2.75, 3.05) is 13.1 Å². The summed E-state index contributed by atoms with van der Waals surface area (Å²) in [5, 5.41) is 10.8. The highest BCUT2D eigenvalue weighted by atomic mass is 19.1. The van der Waals surface area contributed by atoms with Gasteiger partial charge in [0, 0.05) is 31.5 Å². The van der Waals surface area contributed by atoms with Crippen LogP contribution in [0.4, 0.5) is 4.39 Å². The van der Waals surface area contributed by atoms with Crippen molar-refractivity contribution in [3.8, 4) is 0 Å². The van der Waals surface area contributed by atoms with E-state index in [-0.39, 0.29) is 12.4 Å². The fourth-order valence-electron chi connectivity index (χ4n) is 2.37. The molecule has 2 aromatic heterocycles. The zero-order valence-electron chi connectivity index (χ0n) is 14.5. The standard InChI is InChI=1S/C17H25FN6/c1-4-19-17(22-12-16-15(18)7-5-8-20-16)21-9-6-10-24-14(3)11-13(2)23-24/h5,7-8,11H,4,6,9-10,12H2,1-3H3,(H2,19,21,22). The van der Waals surface area contributed by atoms with Gasteiger partial charge in [0.05, 0.1) is 17.9 Å². The molecule has 2 rings (SSSR count). The molecule has 0 aliphatic carbocycles. The summed E-state index contributed by atoms with van der Waals surface area (Å²) in [6.45, 7) is 8.60. The van der Waals surface area contributed by atoms with E-state index in [0.29, 0.717) is 11.7 Å². The summed E-state index contributed by atoms with van der Waals surface area (Å²) in [5.41, 5.74) is 2.55. The van der Waals surface area contributed by atoms with Crippen molar-refractivity contribution in [3.63, 3.8) is 0 Å². The van der Waals surface area contributed by atoms with Crippen molar-refractivity contribution < 1.29 is 4.39 Å². The highest BCUT2D eigenvalue weighted by Crippen LogP contribution is 2.04. The Labute approximate surface area is 142 Å². The summed E-state index contributed by atoms with van der Waals surface area (Å²) in [6.07, 6.45) is 2.49. The van der Waals surface area contributed by atoms with Gasteiger partial charge in [-0.3, -0.25) is 9.67 Å². The van der Waals surface area contributed by atoms with E-state index in [4.69, 9.17) is 0 Å². The molecule has 6 nitrogen and oxygen atoms in total. The number of hydrogen-bond acceptors (Lipinski definition) is 3. The van der Waals surface area contributed by atoms with E-state index in [1.165, 1.54) is 11.8 Å². The first kappa shape index (κ1) is 17.9. The minimum absolute atomic E-state index is 0.208. The van der Waals surface area contributed by atoms with Crippen LogP contribution >= 0.6 is 0 Å². The Balaban J connectivity index is 1.83. The van der Waals surface area contributed by atoms with Gasteiger partial charge >= 0.3 is 0 Å². The first-order chi connectivity index (χ1) is 11.6. The molecule has 0 saturated heterocycles. The molecule has 2 heterocycles. The maximum absolute atomic E-state index is 13.6. The third-order valence-electron chi connectivity index (χ3n) is 3.51. The number of pyridine rings is 1. The highest BCUT2D eigenvalue weighted by Gasteiger charge is 2.04. The number of aryl methyl sites for hydroxylation is 3. The Kier molecular flexibility index (Phi) is 6.72. The molecular formula is C17H25FN6. The first-order valence-electron chi connectivity index (χ1n) is 8.22. The number of rotatable bonds is 7. The van der Waals surface area contributed by atoms with E-state index in [9.17, 15) is 4.39 Å². The molecule has 0 unspecified atom stereocenters. The quantitative estimate of drug-likeness (QED) is 0.463. The second-order valence-electron chi connectivity index (χ2n) is 5.56. The van der Waals surface area contributed by atoms with Crippen molar-refractivity contribution >= 4 is 5.96 Å². The number of aromatic nitrogens is 3. The molecule has 0 bridgehead atoms. The van der Waals surface area contributed by atoms with Crippen LogP contribution in [0.15, 0.2) is 29.4 Å². The molecule has 0 spiro atoms. The Morgan fingerprint density at radius 3 is 2.83 bits per heavy atom. The fourth-order valence-corrected chi connectivity index (χ4v) is 2.37. The minimum atomic E-state index is -0.332. The molecular weight excluding hydrogens is 307 g/mol. The molecule has 0 fully saturated rings. The van der Waals surface area contributed by atoms with Crippen LogP contribution in [0.5, 0.6) is 0 Å². The van der Waals surface area contributed by atoms with Crippen LogP contribution in [-0.4, -0.2) is 33.8 Å². The van der Waals surface area contributed by atoms with Gasteiger partial charge in [-0.15, -0.1) is 0 Å². The summed E-state index contributed by atoms with van der Waals surface area (Å²) >= 11 is 0. The van der Waals surface area contributed by atoms with Gasteiger partial charge in [-0.1, -0.05) is 0 Å².